The summed E-state index contributed by atoms with van der Waals surface area (Å²) in [5, 5.41) is 3.29. The lowest BCUT2D eigenvalue weighted by Crippen LogP contribution is -2.49. The van der Waals surface area contributed by atoms with E-state index in [9.17, 15) is 13.2 Å². The summed E-state index contributed by atoms with van der Waals surface area (Å²) < 4.78 is 28.1. The standard InChI is InChI=1S/C18H18BrClN2O3S/c19-15-5-1-2-6-16(15)21-18(23)17-7-3-4-12-22(17)26(24,25)14-10-8-13(20)9-11-14/h1-2,5-6,8-11,17H,3-4,7,12H2,(H,21,23)/t17-/m1/s1. The largest absolute Gasteiger partial charge is 0.324 e. The second kappa shape index (κ2) is 8.08. The van der Waals surface area contributed by atoms with Crippen LogP contribution in [0.15, 0.2) is 57.9 Å². The molecule has 0 bridgehead atoms. The minimum atomic E-state index is -3.77. The molecule has 8 heteroatoms. The maximum absolute atomic E-state index is 13.0. The Labute approximate surface area is 166 Å². The summed E-state index contributed by atoms with van der Waals surface area (Å²) in [7, 11) is -3.77. The molecule has 2 aromatic carbocycles. The fraction of sp³-hybridized carbons (Fsp3) is 0.278. The number of hydrogen-bond donors (Lipinski definition) is 1. The topological polar surface area (TPSA) is 66.5 Å². The molecule has 2 aromatic rings. The zero-order valence-corrected chi connectivity index (χ0v) is 17.0. The van der Waals surface area contributed by atoms with Gasteiger partial charge in [-0.15, -0.1) is 0 Å². The molecular weight excluding hydrogens is 440 g/mol. The number of nitrogens with one attached hydrogen (secondary N) is 1. The summed E-state index contributed by atoms with van der Waals surface area (Å²) in [5.41, 5.74) is 0.618. The van der Waals surface area contributed by atoms with Crippen molar-refractivity contribution in [2.45, 2.75) is 30.2 Å². The summed E-state index contributed by atoms with van der Waals surface area (Å²) in [5.74, 6) is -0.325. The molecule has 3 rings (SSSR count). The van der Waals surface area contributed by atoms with Crippen LogP contribution in [0.25, 0.3) is 0 Å². The first-order valence-corrected chi connectivity index (χ1v) is 10.8. The van der Waals surface area contributed by atoms with Gasteiger partial charge in [-0.25, -0.2) is 8.42 Å². The van der Waals surface area contributed by atoms with Gasteiger partial charge in [0.1, 0.15) is 6.04 Å². The number of piperidine rings is 1. The fourth-order valence-corrected chi connectivity index (χ4v) is 5.14. The van der Waals surface area contributed by atoms with Gasteiger partial charge < -0.3 is 5.32 Å². The maximum atomic E-state index is 13.0. The predicted octanol–water partition coefficient (Wildman–Crippen LogP) is 4.28. The summed E-state index contributed by atoms with van der Waals surface area (Å²) >= 11 is 9.24. The van der Waals surface area contributed by atoms with Crippen molar-refractivity contribution in [3.8, 4) is 0 Å². The molecule has 26 heavy (non-hydrogen) atoms. The monoisotopic (exact) mass is 456 g/mol. The van der Waals surface area contributed by atoms with Gasteiger partial charge in [0.15, 0.2) is 0 Å². The van der Waals surface area contributed by atoms with Gasteiger partial charge in [-0.1, -0.05) is 30.2 Å². The third-order valence-electron chi connectivity index (χ3n) is 4.31. The first-order valence-electron chi connectivity index (χ1n) is 8.22. The number of rotatable bonds is 4. The third-order valence-corrected chi connectivity index (χ3v) is 7.17. The second-order valence-corrected chi connectivity index (χ2v) is 9.23. The van der Waals surface area contributed by atoms with E-state index in [-0.39, 0.29) is 10.8 Å². The molecule has 1 aliphatic heterocycles. The van der Waals surface area contributed by atoms with Gasteiger partial charge in [0, 0.05) is 16.0 Å². The van der Waals surface area contributed by atoms with Crippen molar-refractivity contribution in [2.24, 2.45) is 0 Å². The van der Waals surface area contributed by atoms with Crippen molar-refractivity contribution in [3.05, 3.63) is 58.0 Å². The molecule has 1 N–H and O–H groups in total. The highest BCUT2D eigenvalue weighted by atomic mass is 79.9. The van der Waals surface area contributed by atoms with Gasteiger partial charge in [0.2, 0.25) is 15.9 Å². The van der Waals surface area contributed by atoms with E-state index in [0.717, 1.165) is 17.3 Å². The number of sulfonamides is 1. The Bertz CT molecular complexity index is 903. The van der Waals surface area contributed by atoms with E-state index in [4.69, 9.17) is 11.6 Å². The average Bonchev–Trinajstić information content (AvgIpc) is 2.64. The van der Waals surface area contributed by atoms with Crippen molar-refractivity contribution in [2.75, 3.05) is 11.9 Å². The first-order chi connectivity index (χ1) is 12.4. The minimum absolute atomic E-state index is 0.141. The molecule has 5 nitrogen and oxygen atoms in total. The van der Waals surface area contributed by atoms with Gasteiger partial charge in [-0.05, 0) is 65.2 Å². The molecule has 1 fully saturated rings. The molecule has 1 amide bonds. The van der Waals surface area contributed by atoms with E-state index in [1.165, 1.54) is 28.6 Å². The normalized spacial score (nSPS) is 18.5. The molecule has 1 aliphatic rings. The minimum Gasteiger partial charge on any atom is -0.324 e. The quantitative estimate of drug-likeness (QED) is 0.745. The highest BCUT2D eigenvalue weighted by Gasteiger charge is 2.37. The number of hydrogen-bond acceptors (Lipinski definition) is 3. The number of carbonyl (C=O) groups excluding carboxylic acids is 1. The first kappa shape index (κ1) is 19.4. The van der Waals surface area contributed by atoms with E-state index in [2.05, 4.69) is 21.2 Å². The molecular formula is C18H18BrClN2O3S. The molecule has 0 saturated carbocycles. The highest BCUT2D eigenvalue weighted by Crippen LogP contribution is 2.28. The molecule has 1 atom stereocenters. The van der Waals surface area contributed by atoms with Crippen molar-refractivity contribution >= 4 is 49.1 Å². The highest BCUT2D eigenvalue weighted by molar-refractivity contribution is 9.10. The van der Waals surface area contributed by atoms with Crippen molar-refractivity contribution in [3.63, 3.8) is 0 Å². The van der Waals surface area contributed by atoms with E-state index < -0.39 is 16.1 Å². The van der Waals surface area contributed by atoms with Gasteiger partial charge in [-0.3, -0.25) is 4.79 Å². The average molecular weight is 458 g/mol. The molecule has 138 valence electrons. The molecule has 1 saturated heterocycles. The number of benzene rings is 2. The maximum Gasteiger partial charge on any atom is 0.243 e. The zero-order chi connectivity index (χ0) is 18.7. The lowest BCUT2D eigenvalue weighted by Gasteiger charge is -2.33. The Balaban J connectivity index is 1.86. The summed E-state index contributed by atoms with van der Waals surface area (Å²) in [4.78, 5) is 12.9. The Morgan fingerprint density at radius 3 is 2.50 bits per heavy atom. The van der Waals surface area contributed by atoms with Crippen LogP contribution >= 0.6 is 27.5 Å². The van der Waals surface area contributed by atoms with Crippen LogP contribution in [0.4, 0.5) is 5.69 Å². The van der Waals surface area contributed by atoms with E-state index in [1.807, 2.05) is 18.2 Å². The number of halogens is 2. The Morgan fingerprint density at radius 2 is 1.81 bits per heavy atom. The van der Waals surface area contributed by atoms with Crippen molar-refractivity contribution in [1.29, 1.82) is 0 Å². The lowest BCUT2D eigenvalue weighted by atomic mass is 10.0. The van der Waals surface area contributed by atoms with E-state index >= 15 is 0 Å². The lowest BCUT2D eigenvalue weighted by molar-refractivity contribution is -0.120. The van der Waals surface area contributed by atoms with Crippen LogP contribution in [0, 0.1) is 0 Å². The second-order valence-electron chi connectivity index (χ2n) is 6.05. The van der Waals surface area contributed by atoms with Crippen LogP contribution in [-0.4, -0.2) is 31.2 Å². The Kier molecular flexibility index (Phi) is 6.02. The molecule has 0 aliphatic carbocycles. The van der Waals surface area contributed by atoms with Crippen molar-refractivity contribution < 1.29 is 13.2 Å². The van der Waals surface area contributed by atoms with Crippen LogP contribution in [0.1, 0.15) is 19.3 Å². The van der Waals surface area contributed by atoms with Crippen LogP contribution in [0.2, 0.25) is 5.02 Å². The van der Waals surface area contributed by atoms with Crippen LogP contribution in [0.5, 0.6) is 0 Å². The molecule has 0 aromatic heterocycles. The SMILES string of the molecule is O=C(Nc1ccccc1Br)[C@H]1CCCCN1S(=O)(=O)c1ccc(Cl)cc1. The van der Waals surface area contributed by atoms with Crippen LogP contribution < -0.4 is 5.32 Å². The molecule has 0 radical (unpaired) electrons. The molecule has 0 spiro atoms. The van der Waals surface area contributed by atoms with Gasteiger partial charge in [0.05, 0.1) is 10.6 Å². The van der Waals surface area contributed by atoms with Crippen molar-refractivity contribution in [1.82, 2.24) is 4.31 Å². The molecule has 0 unspecified atom stereocenters. The van der Waals surface area contributed by atoms with Crippen LogP contribution in [0.3, 0.4) is 0 Å². The Hall–Kier alpha value is -1.41. The zero-order valence-electron chi connectivity index (χ0n) is 13.9. The number of carbonyl (C=O) groups is 1. The molecule has 1 heterocycles. The summed E-state index contributed by atoms with van der Waals surface area (Å²) in [6, 6.07) is 12.5. The summed E-state index contributed by atoms with van der Waals surface area (Å²) in [6.45, 7) is 0.318. The number of amides is 1. The van der Waals surface area contributed by atoms with Gasteiger partial charge in [-0.2, -0.15) is 4.31 Å². The number of nitrogens with zero attached hydrogens (tertiary/aromatic N) is 1. The fourth-order valence-electron chi connectivity index (χ4n) is 2.98. The Morgan fingerprint density at radius 1 is 1.12 bits per heavy atom. The van der Waals surface area contributed by atoms with Gasteiger partial charge >= 0.3 is 0 Å². The number of para-hydroxylation sites is 1. The van der Waals surface area contributed by atoms with Gasteiger partial charge in [0.25, 0.3) is 0 Å². The summed E-state index contributed by atoms with van der Waals surface area (Å²) in [6.07, 6.45) is 2.02. The van der Waals surface area contributed by atoms with Crippen LogP contribution in [-0.2, 0) is 14.8 Å². The third kappa shape index (κ3) is 4.11. The van der Waals surface area contributed by atoms with E-state index in [0.29, 0.717) is 23.7 Å². The smallest absolute Gasteiger partial charge is 0.243 e. The number of anilines is 1. The predicted molar refractivity (Wildman–Crippen MR) is 106 cm³/mol. The van der Waals surface area contributed by atoms with E-state index in [1.54, 1.807) is 6.07 Å².